The lowest BCUT2D eigenvalue weighted by Crippen LogP contribution is -1.80. The van der Waals surface area contributed by atoms with Gasteiger partial charge >= 0.3 is 0 Å². The highest BCUT2D eigenvalue weighted by molar-refractivity contribution is 14.1. The van der Waals surface area contributed by atoms with Gasteiger partial charge in [0.2, 0.25) is 0 Å². The molecular formula is C18H10I3S+. The number of rotatable bonds is 1. The Hall–Kier alpha value is 0.0700. The average Bonchev–Trinajstić information content (AvgIpc) is 2.86. The van der Waals surface area contributed by atoms with Gasteiger partial charge in [0, 0.05) is 32.6 Å². The fourth-order valence-electron chi connectivity index (χ4n) is 2.76. The smallest absolute Gasteiger partial charge is 0.0619 e. The van der Waals surface area contributed by atoms with Crippen LogP contribution >= 0.6 is 78.2 Å². The first kappa shape index (κ1) is 15.6. The van der Waals surface area contributed by atoms with E-state index in [0.717, 1.165) is 0 Å². The standard InChI is InChI=1S/C18H10I3S/c19-11-6-8-15-13(10-11)17-16(9-7-14(20)18(17)21)22(15)12-4-2-1-3-5-12/h1-10H/q+1. The van der Waals surface area contributed by atoms with Crippen molar-refractivity contribution in [3.8, 4) is 4.90 Å². The summed E-state index contributed by atoms with van der Waals surface area (Å²) in [5.41, 5.74) is 0. The van der Waals surface area contributed by atoms with Gasteiger partial charge in [-0.15, -0.1) is 0 Å². The third kappa shape index (κ3) is 2.50. The van der Waals surface area contributed by atoms with Gasteiger partial charge in [0.1, 0.15) is 0 Å². The lowest BCUT2D eigenvalue weighted by atomic mass is 10.2. The van der Waals surface area contributed by atoms with Crippen LogP contribution in [0.25, 0.3) is 25.1 Å². The van der Waals surface area contributed by atoms with Crippen molar-refractivity contribution in [2.75, 3.05) is 0 Å². The molecule has 1 aromatic heterocycles. The van der Waals surface area contributed by atoms with E-state index in [1.165, 1.54) is 35.8 Å². The van der Waals surface area contributed by atoms with E-state index >= 15 is 0 Å². The molecule has 108 valence electrons. The predicted molar refractivity (Wildman–Crippen MR) is 123 cm³/mol. The van der Waals surface area contributed by atoms with Gasteiger partial charge in [-0.1, -0.05) is 18.2 Å². The van der Waals surface area contributed by atoms with Gasteiger partial charge in [0.05, 0.1) is 5.39 Å². The summed E-state index contributed by atoms with van der Waals surface area (Å²) < 4.78 is 6.94. The maximum Gasteiger partial charge on any atom is 0.188 e. The summed E-state index contributed by atoms with van der Waals surface area (Å²) in [5, 5.41) is 2.85. The fourth-order valence-corrected chi connectivity index (χ4v) is 7.02. The molecule has 0 radical (unpaired) electrons. The van der Waals surface area contributed by atoms with E-state index in [1.54, 1.807) is 0 Å². The number of halogens is 3. The molecule has 0 amide bonds. The maximum absolute atomic E-state index is 2.50. The molecule has 3 aromatic carbocycles. The van der Waals surface area contributed by atoms with Gasteiger partial charge in [0.25, 0.3) is 0 Å². The molecule has 0 fully saturated rings. The van der Waals surface area contributed by atoms with Crippen LogP contribution in [0.1, 0.15) is 0 Å². The second-order valence-electron chi connectivity index (χ2n) is 4.99. The minimum atomic E-state index is 0.0212. The van der Waals surface area contributed by atoms with Crippen molar-refractivity contribution in [3.05, 3.63) is 71.4 Å². The largest absolute Gasteiger partial charge is 0.188 e. The van der Waals surface area contributed by atoms with Crippen LogP contribution in [-0.2, 0) is 0 Å². The summed E-state index contributed by atoms with van der Waals surface area (Å²) in [6.07, 6.45) is 0. The van der Waals surface area contributed by atoms with E-state index in [1.807, 2.05) is 0 Å². The molecule has 1 heterocycles. The highest BCUT2D eigenvalue weighted by Crippen LogP contribution is 2.50. The van der Waals surface area contributed by atoms with Crippen molar-refractivity contribution in [1.29, 1.82) is 0 Å². The van der Waals surface area contributed by atoms with E-state index in [4.69, 9.17) is 0 Å². The number of fused-ring (bicyclic) bond motifs is 3. The van der Waals surface area contributed by atoms with E-state index in [-0.39, 0.29) is 10.5 Å². The van der Waals surface area contributed by atoms with Crippen molar-refractivity contribution in [3.63, 3.8) is 0 Å². The minimum absolute atomic E-state index is 0.0212. The molecule has 1 atom stereocenters. The molecule has 0 aliphatic carbocycles. The summed E-state index contributed by atoms with van der Waals surface area (Å²) in [6, 6.07) is 22.3. The van der Waals surface area contributed by atoms with Crippen LogP contribution < -0.4 is 0 Å². The molecule has 0 N–H and O–H groups in total. The molecule has 4 rings (SSSR count). The molecule has 0 bridgehead atoms. The highest BCUT2D eigenvalue weighted by atomic mass is 127. The molecule has 1 unspecified atom stereocenters. The normalized spacial score (nSPS) is 12.2. The van der Waals surface area contributed by atoms with Crippen LogP contribution in [0.15, 0.2) is 60.7 Å². The fraction of sp³-hybridized carbons (Fsp3) is 0. The second kappa shape index (κ2) is 6.18. The Morgan fingerprint density at radius 2 is 1.45 bits per heavy atom. The second-order valence-corrected chi connectivity index (χ2v) is 10.4. The molecule has 4 heteroatoms. The Labute approximate surface area is 172 Å². The van der Waals surface area contributed by atoms with E-state index in [0.29, 0.717) is 0 Å². The van der Waals surface area contributed by atoms with Crippen LogP contribution in [0, 0.1) is 10.7 Å². The van der Waals surface area contributed by atoms with Gasteiger partial charge in [-0.2, -0.15) is 0 Å². The van der Waals surface area contributed by atoms with Crippen molar-refractivity contribution < 1.29 is 0 Å². The Morgan fingerprint density at radius 1 is 0.727 bits per heavy atom. The number of thiophene rings is 1. The summed E-state index contributed by atoms with van der Waals surface area (Å²) >= 11 is 7.36. The van der Waals surface area contributed by atoms with Crippen LogP contribution in [0.4, 0.5) is 0 Å². The third-order valence-corrected chi connectivity index (χ3v) is 9.73. The maximum atomic E-state index is 2.50. The minimum Gasteiger partial charge on any atom is -0.0619 e. The lowest BCUT2D eigenvalue weighted by molar-refractivity contribution is 1.69. The third-order valence-electron chi connectivity index (χ3n) is 3.69. The van der Waals surface area contributed by atoms with Crippen LogP contribution in [0.5, 0.6) is 0 Å². The van der Waals surface area contributed by atoms with Crippen molar-refractivity contribution in [2.24, 2.45) is 0 Å². The SMILES string of the molecule is Ic1ccc2c(c1)c1c(I)c(I)ccc1[s+]2-c1ccccc1. The van der Waals surface area contributed by atoms with Gasteiger partial charge in [0.15, 0.2) is 14.3 Å². The van der Waals surface area contributed by atoms with Crippen molar-refractivity contribution >= 4 is 98.4 Å². The monoisotopic (exact) mass is 639 g/mol. The van der Waals surface area contributed by atoms with Crippen molar-refractivity contribution in [1.82, 2.24) is 0 Å². The number of hydrogen-bond donors (Lipinski definition) is 0. The molecular weight excluding hydrogens is 629 g/mol. The summed E-state index contributed by atoms with van der Waals surface area (Å²) in [7, 11) is 0.0212. The Kier molecular flexibility index (Phi) is 4.38. The molecule has 0 saturated carbocycles. The number of benzene rings is 3. The van der Waals surface area contributed by atoms with Gasteiger partial charge < -0.3 is 0 Å². The highest BCUT2D eigenvalue weighted by Gasteiger charge is 2.25. The van der Waals surface area contributed by atoms with E-state index in [2.05, 4.69) is 128 Å². The van der Waals surface area contributed by atoms with Crippen molar-refractivity contribution in [2.45, 2.75) is 0 Å². The van der Waals surface area contributed by atoms with Gasteiger partial charge in [-0.05, 0) is 104 Å². The first-order valence-electron chi connectivity index (χ1n) is 6.74. The first-order chi connectivity index (χ1) is 10.7. The lowest BCUT2D eigenvalue weighted by Gasteiger charge is -1.96. The zero-order valence-corrected chi connectivity index (χ0v) is 18.6. The summed E-state index contributed by atoms with van der Waals surface area (Å²) in [6.45, 7) is 0. The van der Waals surface area contributed by atoms with E-state index in [9.17, 15) is 0 Å². The topological polar surface area (TPSA) is 0 Å². The first-order valence-corrected chi connectivity index (χ1v) is 11.2. The zero-order valence-electron chi connectivity index (χ0n) is 11.3. The molecule has 22 heavy (non-hydrogen) atoms. The van der Waals surface area contributed by atoms with Crippen LogP contribution in [-0.4, -0.2) is 0 Å². The summed E-state index contributed by atoms with van der Waals surface area (Å²) in [4.78, 5) is 1.40. The quantitative estimate of drug-likeness (QED) is 0.149. The Morgan fingerprint density at radius 3 is 2.23 bits per heavy atom. The Bertz CT molecular complexity index is 1000. The van der Waals surface area contributed by atoms with Crippen LogP contribution in [0.2, 0.25) is 0 Å². The molecule has 0 aliphatic heterocycles. The molecule has 0 saturated heterocycles. The van der Waals surface area contributed by atoms with Gasteiger partial charge in [-0.3, -0.25) is 0 Å². The number of hydrogen-bond acceptors (Lipinski definition) is 0. The summed E-state index contributed by atoms with van der Waals surface area (Å²) in [5.74, 6) is 0. The predicted octanol–water partition coefficient (Wildman–Crippen LogP) is 7.55. The van der Waals surface area contributed by atoms with Crippen LogP contribution in [0.3, 0.4) is 0 Å². The molecule has 0 nitrogen and oxygen atoms in total. The van der Waals surface area contributed by atoms with Gasteiger partial charge in [-0.25, -0.2) is 0 Å². The molecule has 0 aliphatic rings. The van der Waals surface area contributed by atoms with E-state index < -0.39 is 0 Å². The average molecular weight is 639 g/mol. The molecule has 0 spiro atoms. The molecule has 4 aromatic rings. The Balaban J connectivity index is 2.26. The zero-order chi connectivity index (χ0) is 15.3.